The van der Waals surface area contributed by atoms with Gasteiger partial charge in [0.2, 0.25) is 0 Å². The molecule has 110 valence electrons. The van der Waals surface area contributed by atoms with E-state index in [1.807, 2.05) is 6.07 Å². The fraction of sp³-hybridized carbons (Fsp3) is 0.385. The number of hydrogen-bond donors (Lipinski definition) is 3. The van der Waals surface area contributed by atoms with Gasteiger partial charge in [-0.2, -0.15) is 0 Å². The number of carboxylic acids is 1. The highest BCUT2D eigenvalue weighted by molar-refractivity contribution is 9.10. The van der Waals surface area contributed by atoms with Gasteiger partial charge in [-0.3, -0.25) is 0 Å². The molecule has 1 atom stereocenters. The number of urea groups is 1. The number of benzene rings is 1. The molecule has 0 fully saturated rings. The van der Waals surface area contributed by atoms with Gasteiger partial charge < -0.3 is 20.5 Å². The Labute approximate surface area is 125 Å². The third-order valence-corrected chi connectivity index (χ3v) is 3.26. The Morgan fingerprint density at radius 3 is 2.70 bits per heavy atom. The Balaban J connectivity index is 2.54. The van der Waals surface area contributed by atoms with Gasteiger partial charge in [0.25, 0.3) is 0 Å². The van der Waals surface area contributed by atoms with Crippen LogP contribution in [0, 0.1) is 0 Å². The Morgan fingerprint density at radius 1 is 1.40 bits per heavy atom. The van der Waals surface area contributed by atoms with Crippen molar-refractivity contribution in [2.45, 2.75) is 18.9 Å². The van der Waals surface area contributed by atoms with Gasteiger partial charge in [0.05, 0.1) is 5.69 Å². The summed E-state index contributed by atoms with van der Waals surface area (Å²) < 4.78 is 5.58. The lowest BCUT2D eigenvalue weighted by molar-refractivity contribution is -0.139. The van der Waals surface area contributed by atoms with Crippen molar-refractivity contribution >= 4 is 33.6 Å². The maximum atomic E-state index is 11.8. The number of nitrogens with one attached hydrogen (secondary N) is 2. The number of rotatable bonds is 7. The van der Waals surface area contributed by atoms with Crippen molar-refractivity contribution in [2.24, 2.45) is 0 Å². The average molecular weight is 345 g/mol. The summed E-state index contributed by atoms with van der Waals surface area (Å²) in [4.78, 5) is 22.8. The van der Waals surface area contributed by atoms with E-state index < -0.39 is 18.0 Å². The number of halogens is 1. The maximum Gasteiger partial charge on any atom is 0.326 e. The first kappa shape index (κ1) is 16.5. The fourth-order valence-electron chi connectivity index (χ4n) is 1.57. The summed E-state index contributed by atoms with van der Waals surface area (Å²) in [6.45, 7) is 0.456. The summed E-state index contributed by atoms with van der Waals surface area (Å²) in [6.07, 6.45) is 0.870. The molecule has 2 amide bonds. The lowest BCUT2D eigenvalue weighted by atomic mass is 10.1. The van der Waals surface area contributed by atoms with Gasteiger partial charge in [-0.25, -0.2) is 9.59 Å². The smallest absolute Gasteiger partial charge is 0.326 e. The molecule has 6 nitrogen and oxygen atoms in total. The van der Waals surface area contributed by atoms with Crippen molar-refractivity contribution < 1.29 is 19.4 Å². The zero-order valence-corrected chi connectivity index (χ0v) is 12.6. The second-order valence-electron chi connectivity index (χ2n) is 4.10. The molecular formula is C13H17BrN2O4. The van der Waals surface area contributed by atoms with E-state index in [9.17, 15) is 9.59 Å². The molecule has 1 unspecified atom stereocenters. The van der Waals surface area contributed by atoms with Crippen LogP contribution in [0.15, 0.2) is 28.7 Å². The number of carbonyl (C=O) groups excluding carboxylic acids is 1. The van der Waals surface area contributed by atoms with E-state index in [2.05, 4.69) is 26.6 Å². The number of methoxy groups -OCH3 is 1. The van der Waals surface area contributed by atoms with Crippen LogP contribution in [0.5, 0.6) is 0 Å². The van der Waals surface area contributed by atoms with E-state index in [1.54, 1.807) is 25.3 Å². The van der Waals surface area contributed by atoms with Crippen LogP contribution in [0.3, 0.4) is 0 Å². The number of amides is 2. The van der Waals surface area contributed by atoms with Crippen LogP contribution >= 0.6 is 15.9 Å². The summed E-state index contributed by atoms with van der Waals surface area (Å²) in [5.74, 6) is -1.07. The van der Waals surface area contributed by atoms with Gasteiger partial charge in [-0.15, -0.1) is 0 Å². The molecule has 1 aromatic carbocycles. The van der Waals surface area contributed by atoms with E-state index in [1.165, 1.54) is 0 Å². The Bertz CT molecular complexity index is 467. The van der Waals surface area contributed by atoms with Gasteiger partial charge in [0, 0.05) is 18.2 Å². The highest BCUT2D eigenvalue weighted by Crippen LogP contribution is 2.20. The van der Waals surface area contributed by atoms with Gasteiger partial charge in [-0.1, -0.05) is 12.1 Å². The van der Waals surface area contributed by atoms with E-state index in [-0.39, 0.29) is 0 Å². The second-order valence-corrected chi connectivity index (χ2v) is 4.96. The molecule has 0 aliphatic carbocycles. The van der Waals surface area contributed by atoms with Gasteiger partial charge in [0.1, 0.15) is 6.04 Å². The molecular weight excluding hydrogens is 328 g/mol. The van der Waals surface area contributed by atoms with Crippen molar-refractivity contribution in [3.05, 3.63) is 28.7 Å². The Kier molecular flexibility index (Phi) is 7.03. The molecule has 0 saturated carbocycles. The normalized spacial score (nSPS) is 11.7. The zero-order chi connectivity index (χ0) is 15.0. The molecule has 0 bridgehead atoms. The van der Waals surface area contributed by atoms with Crippen LogP contribution in [0.1, 0.15) is 12.8 Å². The summed E-state index contributed by atoms with van der Waals surface area (Å²) in [7, 11) is 1.54. The molecule has 0 spiro atoms. The summed E-state index contributed by atoms with van der Waals surface area (Å²) in [6, 6.07) is 5.59. The van der Waals surface area contributed by atoms with Gasteiger partial charge in [-0.05, 0) is 40.9 Å². The van der Waals surface area contributed by atoms with Gasteiger partial charge in [0.15, 0.2) is 0 Å². The minimum Gasteiger partial charge on any atom is -0.480 e. The molecule has 3 N–H and O–H groups in total. The van der Waals surface area contributed by atoms with Crippen LogP contribution in [-0.4, -0.2) is 36.9 Å². The predicted molar refractivity (Wildman–Crippen MR) is 78.8 cm³/mol. The number of carbonyl (C=O) groups is 2. The van der Waals surface area contributed by atoms with Crippen molar-refractivity contribution in [3.63, 3.8) is 0 Å². The number of para-hydroxylation sites is 1. The lowest BCUT2D eigenvalue weighted by Gasteiger charge is -2.15. The summed E-state index contributed by atoms with van der Waals surface area (Å²) >= 11 is 3.30. The van der Waals surface area contributed by atoms with Crippen LogP contribution < -0.4 is 10.6 Å². The summed E-state index contributed by atoms with van der Waals surface area (Å²) in [5, 5.41) is 14.1. The van der Waals surface area contributed by atoms with Gasteiger partial charge >= 0.3 is 12.0 Å². The van der Waals surface area contributed by atoms with Crippen LogP contribution in [-0.2, 0) is 9.53 Å². The number of carboxylic acid groups (broad SMARTS) is 1. The number of hydrogen-bond acceptors (Lipinski definition) is 3. The Hall–Kier alpha value is -1.60. The summed E-state index contributed by atoms with van der Waals surface area (Å²) in [5.41, 5.74) is 0.575. The molecule has 0 saturated heterocycles. The van der Waals surface area contributed by atoms with E-state index in [0.29, 0.717) is 25.1 Å². The first-order valence-electron chi connectivity index (χ1n) is 6.08. The van der Waals surface area contributed by atoms with E-state index in [0.717, 1.165) is 4.47 Å². The fourth-order valence-corrected chi connectivity index (χ4v) is 1.95. The van der Waals surface area contributed by atoms with Crippen molar-refractivity contribution in [2.75, 3.05) is 19.0 Å². The first-order chi connectivity index (χ1) is 9.54. The second kappa shape index (κ2) is 8.55. The molecule has 0 heterocycles. The SMILES string of the molecule is COCCCC(NC(=O)Nc1ccccc1Br)C(=O)O. The van der Waals surface area contributed by atoms with Crippen molar-refractivity contribution in [1.82, 2.24) is 5.32 Å². The third-order valence-electron chi connectivity index (χ3n) is 2.57. The predicted octanol–water partition coefficient (Wildman–Crippen LogP) is 2.45. The number of aliphatic carboxylic acids is 1. The molecule has 1 aromatic rings. The number of anilines is 1. The monoisotopic (exact) mass is 344 g/mol. The van der Waals surface area contributed by atoms with E-state index in [4.69, 9.17) is 9.84 Å². The molecule has 0 aliphatic rings. The molecule has 1 rings (SSSR count). The quantitative estimate of drug-likeness (QED) is 0.663. The van der Waals surface area contributed by atoms with Crippen LogP contribution in [0.2, 0.25) is 0 Å². The van der Waals surface area contributed by atoms with Crippen LogP contribution in [0.4, 0.5) is 10.5 Å². The zero-order valence-electron chi connectivity index (χ0n) is 11.1. The standard InChI is InChI=1S/C13H17BrN2O4/c1-20-8-4-7-11(12(17)18)16-13(19)15-10-6-3-2-5-9(10)14/h2-3,5-6,11H,4,7-8H2,1H3,(H,17,18)(H2,15,16,19). The highest BCUT2D eigenvalue weighted by atomic mass is 79.9. The average Bonchev–Trinajstić information content (AvgIpc) is 2.40. The van der Waals surface area contributed by atoms with E-state index >= 15 is 0 Å². The third kappa shape index (κ3) is 5.58. The van der Waals surface area contributed by atoms with Crippen molar-refractivity contribution in [3.8, 4) is 0 Å². The maximum absolute atomic E-state index is 11.8. The molecule has 0 aliphatic heterocycles. The molecule has 7 heteroatoms. The largest absolute Gasteiger partial charge is 0.480 e. The minimum absolute atomic E-state index is 0.312. The molecule has 0 aromatic heterocycles. The first-order valence-corrected chi connectivity index (χ1v) is 6.87. The molecule has 0 radical (unpaired) electrons. The van der Waals surface area contributed by atoms with Crippen molar-refractivity contribution in [1.29, 1.82) is 0 Å². The molecule has 20 heavy (non-hydrogen) atoms. The Morgan fingerprint density at radius 2 is 2.10 bits per heavy atom. The highest BCUT2D eigenvalue weighted by Gasteiger charge is 2.19. The van der Waals surface area contributed by atoms with Crippen LogP contribution in [0.25, 0.3) is 0 Å². The minimum atomic E-state index is -1.07. The lowest BCUT2D eigenvalue weighted by Crippen LogP contribution is -2.43. The number of ether oxygens (including phenoxy) is 1. The topological polar surface area (TPSA) is 87.7 Å².